The number of benzene rings is 1. The number of likely N-dealkylation sites (N-methyl/N-ethyl adjacent to an activating group) is 1. The Morgan fingerprint density at radius 2 is 1.81 bits per heavy atom. The molecule has 1 aromatic carbocycles. The smallest absolute Gasteiger partial charge is 0.318 e. The van der Waals surface area contributed by atoms with Gasteiger partial charge in [-0.25, -0.2) is 4.79 Å². The van der Waals surface area contributed by atoms with Crippen LogP contribution >= 0.6 is 0 Å². The summed E-state index contributed by atoms with van der Waals surface area (Å²) in [6.45, 7) is 3.80. The summed E-state index contributed by atoms with van der Waals surface area (Å²) in [6.07, 6.45) is 3.39. The number of carbonyl (C=O) groups excluding carboxylic acids is 2. The second-order valence-corrected chi connectivity index (χ2v) is 6.33. The molecule has 1 aliphatic heterocycles. The van der Waals surface area contributed by atoms with Gasteiger partial charge in [0.25, 0.3) is 0 Å². The monoisotopic (exact) mass is 368 g/mol. The first-order chi connectivity index (χ1) is 13.1. The molecule has 1 aliphatic rings. The van der Waals surface area contributed by atoms with Gasteiger partial charge in [-0.15, -0.1) is 0 Å². The third-order valence-corrected chi connectivity index (χ3v) is 4.74. The first-order valence-electron chi connectivity index (χ1n) is 8.99. The summed E-state index contributed by atoms with van der Waals surface area (Å²) in [7, 11) is 1.62. The van der Waals surface area contributed by atoms with Crippen LogP contribution in [0.2, 0.25) is 0 Å². The molecule has 1 atom stereocenters. The fourth-order valence-electron chi connectivity index (χ4n) is 3.14. The number of urea groups is 1. The van der Waals surface area contributed by atoms with Crippen molar-refractivity contribution >= 4 is 11.9 Å². The lowest BCUT2D eigenvalue weighted by Crippen LogP contribution is -2.54. The Morgan fingerprint density at radius 3 is 2.41 bits per heavy atom. The summed E-state index contributed by atoms with van der Waals surface area (Å²) in [5.41, 5.74) is 1.84. The first kappa shape index (κ1) is 18.7. The molecule has 3 rings (SSSR count). The predicted octanol–water partition coefficient (Wildman–Crippen LogP) is 2.05. The third kappa shape index (κ3) is 4.36. The van der Waals surface area contributed by atoms with E-state index in [1.165, 1.54) is 0 Å². The molecule has 7 nitrogen and oxygen atoms in total. The number of methoxy groups -OCH3 is 1. The van der Waals surface area contributed by atoms with Crippen LogP contribution in [0.25, 0.3) is 0 Å². The maximum Gasteiger partial charge on any atom is 0.318 e. The summed E-state index contributed by atoms with van der Waals surface area (Å²) in [5.74, 6) is 0.726. The number of pyridine rings is 1. The first-order valence-corrected chi connectivity index (χ1v) is 8.99. The molecule has 2 aromatic rings. The van der Waals surface area contributed by atoms with E-state index in [9.17, 15) is 9.59 Å². The van der Waals surface area contributed by atoms with Crippen LogP contribution in [-0.2, 0) is 4.79 Å². The van der Waals surface area contributed by atoms with Crippen LogP contribution in [0.3, 0.4) is 0 Å². The fraction of sp³-hybridized carbons (Fsp3) is 0.350. The van der Waals surface area contributed by atoms with Gasteiger partial charge in [-0.3, -0.25) is 9.78 Å². The molecule has 142 valence electrons. The molecule has 0 saturated carbocycles. The molecule has 1 fully saturated rings. The maximum atomic E-state index is 12.8. The molecule has 1 N–H and O–H groups in total. The molecular formula is C20H24N4O3. The molecule has 0 radical (unpaired) electrons. The van der Waals surface area contributed by atoms with Gasteiger partial charge in [0.2, 0.25) is 5.91 Å². The van der Waals surface area contributed by atoms with E-state index in [1.54, 1.807) is 29.3 Å². The zero-order valence-corrected chi connectivity index (χ0v) is 15.6. The number of hydrogen-bond donors (Lipinski definition) is 1. The van der Waals surface area contributed by atoms with E-state index in [4.69, 9.17) is 4.74 Å². The molecule has 7 heteroatoms. The number of piperazine rings is 1. The molecular weight excluding hydrogens is 344 g/mol. The Bertz CT molecular complexity index is 780. The number of aromatic nitrogens is 1. The van der Waals surface area contributed by atoms with Gasteiger partial charge in [0, 0.05) is 32.0 Å². The highest BCUT2D eigenvalue weighted by atomic mass is 16.5. The van der Waals surface area contributed by atoms with Gasteiger partial charge in [0.05, 0.1) is 13.2 Å². The van der Waals surface area contributed by atoms with Crippen molar-refractivity contribution in [1.82, 2.24) is 20.1 Å². The van der Waals surface area contributed by atoms with Crippen LogP contribution in [0.15, 0.2) is 48.8 Å². The molecule has 0 spiro atoms. The quantitative estimate of drug-likeness (QED) is 0.877. The normalized spacial score (nSPS) is 15.4. The minimum atomic E-state index is -0.342. The lowest BCUT2D eigenvalue weighted by atomic mass is 9.99. The van der Waals surface area contributed by atoms with E-state index in [0.29, 0.717) is 19.6 Å². The summed E-state index contributed by atoms with van der Waals surface area (Å²) >= 11 is 0. The van der Waals surface area contributed by atoms with Gasteiger partial charge < -0.3 is 19.9 Å². The second-order valence-electron chi connectivity index (χ2n) is 6.33. The summed E-state index contributed by atoms with van der Waals surface area (Å²) in [4.78, 5) is 32.3. The van der Waals surface area contributed by atoms with E-state index in [1.807, 2.05) is 43.3 Å². The Balaban J connectivity index is 1.79. The van der Waals surface area contributed by atoms with Gasteiger partial charge in [0.1, 0.15) is 12.3 Å². The number of nitrogens with zero attached hydrogens (tertiary/aromatic N) is 3. The minimum Gasteiger partial charge on any atom is -0.497 e. The van der Waals surface area contributed by atoms with Crippen LogP contribution < -0.4 is 10.1 Å². The van der Waals surface area contributed by atoms with Crippen molar-refractivity contribution in [2.45, 2.75) is 13.0 Å². The average Bonchev–Trinajstić information content (AvgIpc) is 2.72. The van der Waals surface area contributed by atoms with E-state index in [0.717, 1.165) is 16.9 Å². The molecule has 0 unspecified atom stereocenters. The molecule has 2 heterocycles. The molecule has 1 saturated heterocycles. The topological polar surface area (TPSA) is 74.8 Å². The summed E-state index contributed by atoms with van der Waals surface area (Å²) in [5, 5.41) is 3.06. The number of rotatable bonds is 5. The number of carbonyl (C=O) groups is 2. The highest BCUT2D eigenvalue weighted by Crippen LogP contribution is 2.24. The zero-order chi connectivity index (χ0) is 19.2. The van der Waals surface area contributed by atoms with Gasteiger partial charge in [-0.2, -0.15) is 0 Å². The zero-order valence-electron chi connectivity index (χ0n) is 15.6. The fourth-order valence-corrected chi connectivity index (χ4v) is 3.14. The Morgan fingerprint density at radius 1 is 1.15 bits per heavy atom. The Hall–Kier alpha value is -3.09. The SMILES string of the molecule is CCN1CCN(C(=O)N[C@H](c2ccncc2)c2ccc(OC)cc2)CC1=O. The minimum absolute atomic E-state index is 0.0243. The average molecular weight is 368 g/mol. The van der Waals surface area contributed by atoms with Crippen molar-refractivity contribution in [1.29, 1.82) is 0 Å². The van der Waals surface area contributed by atoms with Crippen LogP contribution in [0.5, 0.6) is 5.75 Å². The lowest BCUT2D eigenvalue weighted by molar-refractivity contribution is -0.134. The van der Waals surface area contributed by atoms with Gasteiger partial charge in [-0.05, 0) is 42.3 Å². The van der Waals surface area contributed by atoms with Crippen molar-refractivity contribution < 1.29 is 14.3 Å². The van der Waals surface area contributed by atoms with Crippen molar-refractivity contribution in [3.05, 3.63) is 59.9 Å². The van der Waals surface area contributed by atoms with Gasteiger partial charge in [-0.1, -0.05) is 12.1 Å². The number of ether oxygens (including phenoxy) is 1. The summed E-state index contributed by atoms with van der Waals surface area (Å²) in [6, 6.07) is 10.7. The van der Waals surface area contributed by atoms with E-state index >= 15 is 0 Å². The maximum absolute atomic E-state index is 12.8. The van der Waals surface area contributed by atoms with Crippen LogP contribution in [0.1, 0.15) is 24.1 Å². The second kappa shape index (κ2) is 8.53. The van der Waals surface area contributed by atoms with Crippen molar-refractivity contribution in [2.75, 3.05) is 33.3 Å². The summed E-state index contributed by atoms with van der Waals surface area (Å²) < 4.78 is 5.22. The largest absolute Gasteiger partial charge is 0.497 e. The van der Waals surface area contributed by atoms with Crippen molar-refractivity contribution in [3.8, 4) is 5.75 Å². The lowest BCUT2D eigenvalue weighted by Gasteiger charge is -2.34. The predicted molar refractivity (Wildman–Crippen MR) is 101 cm³/mol. The van der Waals surface area contributed by atoms with Crippen LogP contribution in [0.4, 0.5) is 4.79 Å². The number of amides is 3. The van der Waals surface area contributed by atoms with Crippen LogP contribution in [-0.4, -0.2) is 60.0 Å². The number of hydrogen-bond acceptors (Lipinski definition) is 4. The highest BCUT2D eigenvalue weighted by Gasteiger charge is 2.28. The standard InChI is InChI=1S/C20H24N4O3/c1-3-23-12-13-24(14-18(23)25)20(26)22-19(16-8-10-21-11-9-16)15-4-6-17(27-2)7-5-15/h4-11,19H,3,12-14H2,1-2H3,(H,22,26)/t19-/m0/s1. The van der Waals surface area contributed by atoms with E-state index < -0.39 is 0 Å². The van der Waals surface area contributed by atoms with Crippen molar-refractivity contribution in [3.63, 3.8) is 0 Å². The highest BCUT2D eigenvalue weighted by molar-refractivity contribution is 5.85. The van der Waals surface area contributed by atoms with Crippen molar-refractivity contribution in [2.24, 2.45) is 0 Å². The third-order valence-electron chi connectivity index (χ3n) is 4.74. The number of nitrogens with one attached hydrogen (secondary N) is 1. The van der Waals surface area contributed by atoms with E-state index in [-0.39, 0.29) is 24.5 Å². The van der Waals surface area contributed by atoms with Crippen LogP contribution in [0, 0.1) is 0 Å². The molecule has 0 bridgehead atoms. The molecule has 0 aliphatic carbocycles. The van der Waals surface area contributed by atoms with Gasteiger partial charge in [0.15, 0.2) is 0 Å². The Kier molecular flexibility index (Phi) is 5.90. The van der Waals surface area contributed by atoms with Gasteiger partial charge >= 0.3 is 6.03 Å². The molecule has 3 amide bonds. The van der Waals surface area contributed by atoms with E-state index in [2.05, 4.69) is 10.3 Å². The molecule has 27 heavy (non-hydrogen) atoms. The molecule has 1 aromatic heterocycles. The Labute approximate surface area is 158 Å².